The van der Waals surface area contributed by atoms with Gasteiger partial charge >= 0.3 is 0 Å². The fourth-order valence-corrected chi connectivity index (χ4v) is 2.83. The molecule has 0 fully saturated rings. The fourth-order valence-electron chi connectivity index (χ4n) is 0.992. The van der Waals surface area contributed by atoms with E-state index in [0.29, 0.717) is 6.54 Å². The zero-order valence-corrected chi connectivity index (χ0v) is 10.0. The standard InChI is InChI=1S/C11H15NS2/c1-2-6-13-9-11-7-10(8-14-11)4-3-5-12/h7-8H,2,5-6,9,12H2,1H3. The van der Waals surface area contributed by atoms with Crippen molar-refractivity contribution in [2.45, 2.75) is 19.1 Å². The van der Waals surface area contributed by atoms with E-state index in [0.717, 1.165) is 11.3 Å². The summed E-state index contributed by atoms with van der Waals surface area (Å²) in [4.78, 5) is 1.41. The summed E-state index contributed by atoms with van der Waals surface area (Å²) >= 11 is 3.77. The highest BCUT2D eigenvalue weighted by Gasteiger charge is 1.97. The van der Waals surface area contributed by atoms with E-state index < -0.39 is 0 Å². The molecule has 2 N–H and O–H groups in total. The van der Waals surface area contributed by atoms with Crippen molar-refractivity contribution in [2.75, 3.05) is 12.3 Å². The highest BCUT2D eigenvalue weighted by Crippen LogP contribution is 2.20. The van der Waals surface area contributed by atoms with Gasteiger partial charge in [0.05, 0.1) is 6.54 Å². The molecule has 0 unspecified atom stereocenters. The first-order valence-electron chi connectivity index (χ1n) is 4.71. The second kappa shape index (κ2) is 6.94. The molecule has 3 heteroatoms. The van der Waals surface area contributed by atoms with Gasteiger partial charge in [-0.3, -0.25) is 0 Å². The number of thiophene rings is 1. The van der Waals surface area contributed by atoms with Crippen LogP contribution in [0.25, 0.3) is 0 Å². The molecule has 76 valence electrons. The Bertz CT molecular complexity index is 320. The number of nitrogens with two attached hydrogens (primary N) is 1. The number of thioether (sulfide) groups is 1. The average molecular weight is 225 g/mol. The zero-order valence-electron chi connectivity index (χ0n) is 8.38. The largest absolute Gasteiger partial charge is 0.320 e. The molecule has 1 heterocycles. The van der Waals surface area contributed by atoms with Crippen LogP contribution in [0.3, 0.4) is 0 Å². The summed E-state index contributed by atoms with van der Waals surface area (Å²) in [7, 11) is 0. The van der Waals surface area contributed by atoms with E-state index in [1.165, 1.54) is 17.1 Å². The van der Waals surface area contributed by atoms with Crippen LogP contribution in [-0.2, 0) is 5.75 Å². The van der Waals surface area contributed by atoms with E-state index >= 15 is 0 Å². The third kappa shape index (κ3) is 4.19. The average Bonchev–Trinajstić information content (AvgIpc) is 2.63. The number of hydrogen-bond donors (Lipinski definition) is 1. The van der Waals surface area contributed by atoms with Crippen molar-refractivity contribution < 1.29 is 0 Å². The van der Waals surface area contributed by atoms with E-state index in [-0.39, 0.29) is 0 Å². The van der Waals surface area contributed by atoms with Crippen LogP contribution in [0.1, 0.15) is 23.8 Å². The second-order valence-electron chi connectivity index (χ2n) is 2.86. The van der Waals surface area contributed by atoms with Gasteiger partial charge in [-0.1, -0.05) is 18.8 Å². The van der Waals surface area contributed by atoms with Crippen LogP contribution >= 0.6 is 23.1 Å². The molecule has 0 aliphatic rings. The van der Waals surface area contributed by atoms with Gasteiger partial charge in [0.25, 0.3) is 0 Å². The van der Waals surface area contributed by atoms with Crippen molar-refractivity contribution in [3.05, 3.63) is 21.9 Å². The summed E-state index contributed by atoms with van der Waals surface area (Å²) < 4.78 is 0. The maximum Gasteiger partial charge on any atom is 0.0555 e. The summed E-state index contributed by atoms with van der Waals surface area (Å²) in [5, 5.41) is 2.10. The molecule has 0 saturated carbocycles. The molecule has 0 spiro atoms. The van der Waals surface area contributed by atoms with Gasteiger partial charge in [-0.2, -0.15) is 11.8 Å². The first kappa shape index (κ1) is 11.6. The Morgan fingerprint density at radius 3 is 3.14 bits per heavy atom. The van der Waals surface area contributed by atoms with E-state index in [2.05, 4.69) is 30.2 Å². The van der Waals surface area contributed by atoms with Gasteiger partial charge < -0.3 is 5.73 Å². The molecule has 0 saturated heterocycles. The minimum atomic E-state index is 0.440. The van der Waals surface area contributed by atoms with Crippen molar-refractivity contribution in [3.8, 4) is 11.8 Å². The Morgan fingerprint density at radius 1 is 1.57 bits per heavy atom. The van der Waals surface area contributed by atoms with Crippen LogP contribution in [0.4, 0.5) is 0 Å². The van der Waals surface area contributed by atoms with Gasteiger partial charge in [0.1, 0.15) is 0 Å². The summed E-state index contributed by atoms with van der Waals surface area (Å²) in [6, 6.07) is 2.16. The van der Waals surface area contributed by atoms with Crippen LogP contribution in [0.2, 0.25) is 0 Å². The first-order valence-corrected chi connectivity index (χ1v) is 6.74. The lowest BCUT2D eigenvalue weighted by Crippen LogP contribution is -1.92. The lowest BCUT2D eigenvalue weighted by molar-refractivity contribution is 1.10. The van der Waals surface area contributed by atoms with Gasteiger partial charge in [0.2, 0.25) is 0 Å². The molecule has 0 atom stereocenters. The van der Waals surface area contributed by atoms with Crippen LogP contribution < -0.4 is 5.73 Å². The lowest BCUT2D eigenvalue weighted by atomic mass is 10.3. The summed E-state index contributed by atoms with van der Waals surface area (Å²) in [5.74, 6) is 8.26. The summed E-state index contributed by atoms with van der Waals surface area (Å²) in [6.45, 7) is 2.65. The Hall–Kier alpha value is -0.430. The third-order valence-electron chi connectivity index (χ3n) is 1.58. The highest BCUT2D eigenvalue weighted by atomic mass is 32.2. The molecule has 1 aromatic heterocycles. The summed E-state index contributed by atoms with van der Waals surface area (Å²) in [5.41, 5.74) is 6.41. The molecule has 0 amide bonds. The van der Waals surface area contributed by atoms with Crippen LogP contribution in [0.15, 0.2) is 11.4 Å². The van der Waals surface area contributed by atoms with Crippen molar-refractivity contribution in [2.24, 2.45) is 5.73 Å². The molecule has 1 nitrogen and oxygen atoms in total. The van der Waals surface area contributed by atoms with Gasteiger partial charge in [0, 0.05) is 21.6 Å². The summed E-state index contributed by atoms with van der Waals surface area (Å²) in [6.07, 6.45) is 1.25. The molecular formula is C11H15NS2. The molecule has 1 aromatic rings. The van der Waals surface area contributed by atoms with Crippen LogP contribution in [-0.4, -0.2) is 12.3 Å². The van der Waals surface area contributed by atoms with Gasteiger partial charge in [-0.15, -0.1) is 11.3 Å². The topological polar surface area (TPSA) is 26.0 Å². The molecule has 0 aliphatic carbocycles. The maximum absolute atomic E-state index is 5.31. The first-order chi connectivity index (χ1) is 6.86. The Labute approximate surface area is 94.1 Å². The van der Waals surface area contributed by atoms with Crippen molar-refractivity contribution in [1.82, 2.24) is 0 Å². The molecule has 14 heavy (non-hydrogen) atoms. The molecular weight excluding hydrogens is 210 g/mol. The molecule has 0 aliphatic heterocycles. The molecule has 1 rings (SSSR count). The smallest absolute Gasteiger partial charge is 0.0555 e. The highest BCUT2D eigenvalue weighted by molar-refractivity contribution is 7.98. The zero-order chi connectivity index (χ0) is 10.2. The predicted octanol–water partition coefficient (Wildman–Crippen LogP) is 2.70. The normalized spacial score (nSPS) is 9.57. The molecule has 0 bridgehead atoms. The van der Waals surface area contributed by atoms with Gasteiger partial charge in [-0.05, 0) is 18.2 Å². The number of hydrogen-bond acceptors (Lipinski definition) is 3. The van der Waals surface area contributed by atoms with Gasteiger partial charge in [-0.25, -0.2) is 0 Å². The monoisotopic (exact) mass is 225 g/mol. The van der Waals surface area contributed by atoms with E-state index in [1.807, 2.05) is 11.8 Å². The molecule has 0 aromatic carbocycles. The second-order valence-corrected chi connectivity index (χ2v) is 4.96. The van der Waals surface area contributed by atoms with Crippen molar-refractivity contribution in [3.63, 3.8) is 0 Å². The van der Waals surface area contributed by atoms with Crippen molar-refractivity contribution >= 4 is 23.1 Å². The van der Waals surface area contributed by atoms with Gasteiger partial charge in [0.15, 0.2) is 0 Å². The van der Waals surface area contributed by atoms with Crippen LogP contribution in [0, 0.1) is 11.8 Å². The maximum atomic E-state index is 5.31. The van der Waals surface area contributed by atoms with Crippen molar-refractivity contribution in [1.29, 1.82) is 0 Å². The minimum absolute atomic E-state index is 0.440. The lowest BCUT2D eigenvalue weighted by Gasteiger charge is -1.94. The Morgan fingerprint density at radius 2 is 2.43 bits per heavy atom. The SMILES string of the molecule is CCCSCc1cc(C#CCN)cs1. The predicted molar refractivity (Wildman–Crippen MR) is 66.7 cm³/mol. The van der Waals surface area contributed by atoms with E-state index in [9.17, 15) is 0 Å². The quantitative estimate of drug-likeness (QED) is 0.630. The minimum Gasteiger partial charge on any atom is -0.320 e. The van der Waals surface area contributed by atoms with E-state index in [1.54, 1.807) is 11.3 Å². The Balaban J connectivity index is 2.42. The Kier molecular flexibility index (Phi) is 5.77. The fraction of sp³-hybridized carbons (Fsp3) is 0.455. The number of rotatable bonds is 4. The van der Waals surface area contributed by atoms with E-state index in [4.69, 9.17) is 5.73 Å². The molecule has 0 radical (unpaired) electrons. The third-order valence-corrected chi connectivity index (χ3v) is 3.91. The van der Waals surface area contributed by atoms with Crippen LogP contribution in [0.5, 0.6) is 0 Å².